The molecule has 0 saturated carbocycles. The summed E-state index contributed by atoms with van der Waals surface area (Å²) in [5.74, 6) is 2.11. The van der Waals surface area contributed by atoms with E-state index in [-0.39, 0.29) is 40.8 Å². The number of aromatic carboxylic acids is 1. The molecule has 0 radical (unpaired) electrons. The van der Waals surface area contributed by atoms with Gasteiger partial charge >= 0.3 is 5.97 Å². The molecule has 1 amide bonds. The van der Waals surface area contributed by atoms with Gasteiger partial charge in [-0.1, -0.05) is 6.07 Å². The van der Waals surface area contributed by atoms with Gasteiger partial charge in [0.1, 0.15) is 10.1 Å². The van der Waals surface area contributed by atoms with Gasteiger partial charge in [-0.05, 0) is 42.3 Å². The number of hydrogen-bond donors (Lipinski definition) is 6. The Kier molecular flexibility index (Phi) is 7.85. The lowest BCUT2D eigenvalue weighted by atomic mass is 9.89. The average Bonchev–Trinajstić information content (AvgIpc) is 2.87. The van der Waals surface area contributed by atoms with Crippen LogP contribution in [0.3, 0.4) is 0 Å². The molecule has 1 aliphatic carbocycles. The van der Waals surface area contributed by atoms with Crippen molar-refractivity contribution in [2.24, 2.45) is 5.90 Å². The Hall–Kier alpha value is -4.39. The van der Waals surface area contributed by atoms with Crippen LogP contribution >= 0.6 is 0 Å². The topological polar surface area (TPSA) is 278 Å². The molecule has 0 aromatic heterocycles. The molecule has 1 aliphatic heterocycles. The van der Waals surface area contributed by atoms with E-state index in [9.17, 15) is 40.6 Å². The van der Waals surface area contributed by atoms with Crippen LogP contribution in [-0.4, -0.2) is 56.1 Å². The number of fused-ring (bicyclic) bond motifs is 2. The van der Waals surface area contributed by atoms with Gasteiger partial charge in [0, 0.05) is 34.7 Å². The number of nitrogens with two attached hydrogens (primary N) is 3. The van der Waals surface area contributed by atoms with Crippen molar-refractivity contribution in [1.82, 2.24) is 5.32 Å². The maximum Gasteiger partial charge on any atom is 0.336 e. The van der Waals surface area contributed by atoms with Crippen LogP contribution < -0.4 is 27.7 Å². The van der Waals surface area contributed by atoms with Crippen molar-refractivity contribution < 1.29 is 55.3 Å². The smallest absolute Gasteiger partial charge is 0.336 e. The molecule has 0 bridgehead atoms. The number of nitrogens with one attached hydrogen (secondary N) is 1. The number of hydrogen-bond acceptors (Lipinski definition) is 11. The number of amides is 1. The van der Waals surface area contributed by atoms with Gasteiger partial charge < -0.3 is 30.0 Å². The second kappa shape index (κ2) is 10.9. The largest absolute Gasteiger partial charge is 0.744 e. The van der Waals surface area contributed by atoms with E-state index in [4.69, 9.17) is 21.5 Å². The fraction of sp³-hybridized carbons (Fsp3) is 0.125. The van der Waals surface area contributed by atoms with E-state index in [0.29, 0.717) is 6.42 Å². The number of carbonyl (C=O) groups excluding carboxylic acids is 1. The van der Waals surface area contributed by atoms with E-state index in [0.717, 1.165) is 18.2 Å². The summed E-state index contributed by atoms with van der Waals surface area (Å²) in [5.41, 5.74) is 3.74. The van der Waals surface area contributed by atoms with E-state index >= 15 is 0 Å². The molecule has 4 rings (SSSR count). The first-order valence-corrected chi connectivity index (χ1v) is 14.3. The highest BCUT2D eigenvalue weighted by Crippen LogP contribution is 2.45. The third-order valence-corrected chi connectivity index (χ3v) is 7.90. The van der Waals surface area contributed by atoms with Crippen LogP contribution in [0, 0.1) is 0 Å². The fourth-order valence-corrected chi connectivity index (χ4v) is 5.84. The molecule has 0 unspecified atom stereocenters. The third kappa shape index (κ3) is 5.62. The molecule has 2 aromatic carbocycles. The molecule has 15 nitrogen and oxygen atoms in total. The van der Waals surface area contributed by atoms with Crippen molar-refractivity contribution in [1.29, 1.82) is 0 Å². The van der Waals surface area contributed by atoms with Gasteiger partial charge in [-0.15, -0.1) is 0 Å². The van der Waals surface area contributed by atoms with Crippen molar-refractivity contribution in [3.8, 4) is 22.5 Å². The van der Waals surface area contributed by atoms with Crippen LogP contribution in [0.5, 0.6) is 0 Å². The minimum atomic E-state index is -5.34. The van der Waals surface area contributed by atoms with Crippen molar-refractivity contribution in [2.75, 3.05) is 18.9 Å². The standard InChI is InChI=1S/C24H22N4O11S2/c25-16-6-4-13-18(12-3-2-11(10-15(12)24(30)31)23(29)28-8-1-9-38-27)14-5-7-17(26)22(41(35,36)37)20(14)39-19(13)21(16)40(32,33)34/h2-7,10,25H,1,8-9,26-27H2,(H,28,29)(H,30,31)(H,32,33,34)(H,35,36,37). The van der Waals surface area contributed by atoms with Crippen LogP contribution in [0.15, 0.2) is 56.7 Å². The van der Waals surface area contributed by atoms with Gasteiger partial charge in [0.15, 0.2) is 21.1 Å². The molecule has 41 heavy (non-hydrogen) atoms. The van der Waals surface area contributed by atoms with Crippen LogP contribution in [-0.2, 0) is 25.1 Å². The summed E-state index contributed by atoms with van der Waals surface area (Å²) in [6, 6.07) is 8.25. The molecule has 0 spiro atoms. The first-order valence-electron chi connectivity index (χ1n) is 11.5. The zero-order valence-electron chi connectivity index (χ0n) is 20.8. The summed E-state index contributed by atoms with van der Waals surface area (Å²) in [4.78, 5) is 27.4. The Morgan fingerprint density at radius 2 is 1.73 bits per heavy atom. The van der Waals surface area contributed by atoms with E-state index in [1.807, 2.05) is 0 Å². The molecule has 0 saturated heterocycles. The Morgan fingerprint density at radius 3 is 2.34 bits per heavy atom. The number of anilines is 1. The number of nitrogen functional groups attached to an aromatic ring is 1. The average molecular weight is 607 g/mol. The van der Waals surface area contributed by atoms with Gasteiger partial charge in [-0.3, -0.25) is 14.8 Å². The van der Waals surface area contributed by atoms with Crippen molar-refractivity contribution >= 4 is 48.8 Å². The van der Waals surface area contributed by atoms with Gasteiger partial charge in [0.25, 0.3) is 16.0 Å². The van der Waals surface area contributed by atoms with Gasteiger partial charge in [0.2, 0.25) is 5.36 Å². The van der Waals surface area contributed by atoms with Gasteiger partial charge in [-0.25, -0.2) is 19.1 Å². The number of benzene rings is 3. The Bertz CT molecular complexity index is 1970. The SMILES string of the molecule is NOCCCNC(=O)c1ccc(-c2c3ccc(=[NH2+])c(S(=O)(=O)[O-])c-3oc3c(S(=O)(=O)O)c(N)ccc23)c(C(=O)O)c1. The summed E-state index contributed by atoms with van der Waals surface area (Å²) >= 11 is 0. The van der Waals surface area contributed by atoms with E-state index < -0.39 is 69.9 Å². The minimum absolute atomic E-state index is 0.0519. The molecule has 216 valence electrons. The number of rotatable bonds is 9. The van der Waals surface area contributed by atoms with Gasteiger partial charge in [0.05, 0.1) is 17.9 Å². The predicted molar refractivity (Wildman–Crippen MR) is 140 cm³/mol. The van der Waals surface area contributed by atoms with Crippen molar-refractivity contribution in [3.63, 3.8) is 0 Å². The summed E-state index contributed by atoms with van der Waals surface area (Å²) < 4.78 is 76.6. The van der Waals surface area contributed by atoms with Crippen LogP contribution in [0.1, 0.15) is 27.1 Å². The predicted octanol–water partition coefficient (Wildman–Crippen LogP) is -0.694. The lowest BCUT2D eigenvalue weighted by Gasteiger charge is -2.20. The molecule has 0 atom stereocenters. The monoisotopic (exact) mass is 606 g/mol. The van der Waals surface area contributed by atoms with Crippen molar-refractivity contribution in [3.05, 3.63) is 58.9 Å². The molecule has 2 aliphatic rings. The van der Waals surface area contributed by atoms with Crippen LogP contribution in [0.25, 0.3) is 33.4 Å². The fourth-order valence-electron chi connectivity index (χ4n) is 4.35. The normalized spacial score (nSPS) is 12.1. The summed E-state index contributed by atoms with van der Waals surface area (Å²) in [5, 5.41) is 17.7. The Balaban J connectivity index is 2.13. The zero-order chi connectivity index (χ0) is 30.3. The highest BCUT2D eigenvalue weighted by molar-refractivity contribution is 7.86. The lowest BCUT2D eigenvalue weighted by Crippen LogP contribution is -2.47. The molecule has 2 aromatic rings. The summed E-state index contributed by atoms with van der Waals surface area (Å²) in [6.45, 7) is 0.337. The second-order valence-corrected chi connectivity index (χ2v) is 11.3. The number of carbonyl (C=O) groups is 2. The lowest BCUT2D eigenvalue weighted by molar-refractivity contribution is -0.176. The number of carboxylic acids is 1. The third-order valence-electron chi connectivity index (χ3n) is 6.04. The first-order chi connectivity index (χ1) is 19.2. The summed E-state index contributed by atoms with van der Waals surface area (Å²) in [7, 11) is -10.4. The maximum atomic E-state index is 12.6. The minimum Gasteiger partial charge on any atom is -0.744 e. The Morgan fingerprint density at radius 1 is 1.05 bits per heavy atom. The Labute approximate surface area is 231 Å². The second-order valence-electron chi connectivity index (χ2n) is 8.67. The van der Waals surface area contributed by atoms with E-state index in [2.05, 4.69) is 10.2 Å². The molecule has 17 heteroatoms. The van der Waals surface area contributed by atoms with E-state index in [1.54, 1.807) is 0 Å². The maximum absolute atomic E-state index is 12.6. The molecule has 9 N–H and O–H groups in total. The molecule has 1 heterocycles. The number of carboxylic acid groups (broad SMARTS) is 1. The zero-order valence-corrected chi connectivity index (χ0v) is 22.4. The molecular formula is C24H22N4O11S2. The quantitative estimate of drug-likeness (QED) is 0.0453. The van der Waals surface area contributed by atoms with Crippen LogP contribution in [0.2, 0.25) is 0 Å². The van der Waals surface area contributed by atoms with Crippen LogP contribution in [0.4, 0.5) is 5.69 Å². The van der Waals surface area contributed by atoms with E-state index in [1.165, 1.54) is 24.3 Å². The van der Waals surface area contributed by atoms with Gasteiger partial charge in [-0.2, -0.15) is 8.42 Å². The highest BCUT2D eigenvalue weighted by Gasteiger charge is 2.31. The molecule has 0 fully saturated rings. The first kappa shape index (κ1) is 29.6. The van der Waals surface area contributed by atoms with Crippen molar-refractivity contribution in [2.45, 2.75) is 16.2 Å². The highest BCUT2D eigenvalue weighted by atomic mass is 32.2. The summed E-state index contributed by atoms with van der Waals surface area (Å²) in [6.07, 6.45) is 0.380. The molecular weight excluding hydrogens is 584 g/mol.